The first-order valence-electron chi connectivity index (χ1n) is 7.03. The number of benzene rings is 1. The molecule has 2 rings (SSSR count). The van der Waals surface area contributed by atoms with Crippen molar-refractivity contribution in [3.8, 4) is 5.75 Å². The average Bonchev–Trinajstić information content (AvgIpc) is 2.92. The highest BCUT2D eigenvalue weighted by Gasteiger charge is 2.31. The topological polar surface area (TPSA) is 84.9 Å². The SMILES string of the molecule is COc1ccc(Cl)cc1CC(=O)O[C@@H](C)C(=O)N1CCNC1=O. The van der Waals surface area contributed by atoms with Crippen LogP contribution in [0, 0.1) is 0 Å². The second kappa shape index (κ2) is 7.32. The lowest BCUT2D eigenvalue weighted by Gasteiger charge is -2.18. The van der Waals surface area contributed by atoms with E-state index in [9.17, 15) is 14.4 Å². The number of rotatable bonds is 5. The molecule has 1 heterocycles. The molecule has 1 aliphatic heterocycles. The van der Waals surface area contributed by atoms with Crippen molar-refractivity contribution in [2.24, 2.45) is 0 Å². The van der Waals surface area contributed by atoms with Crippen LogP contribution in [0.4, 0.5) is 4.79 Å². The van der Waals surface area contributed by atoms with E-state index < -0.39 is 24.0 Å². The van der Waals surface area contributed by atoms with Crippen molar-refractivity contribution in [3.05, 3.63) is 28.8 Å². The van der Waals surface area contributed by atoms with Crippen molar-refractivity contribution < 1.29 is 23.9 Å². The summed E-state index contributed by atoms with van der Waals surface area (Å²) in [6, 6.07) is 4.41. The number of methoxy groups -OCH3 is 1. The third-order valence-corrected chi connectivity index (χ3v) is 3.59. The fraction of sp³-hybridized carbons (Fsp3) is 0.400. The average molecular weight is 341 g/mol. The van der Waals surface area contributed by atoms with Crippen LogP contribution in [0.15, 0.2) is 18.2 Å². The largest absolute Gasteiger partial charge is 0.496 e. The first kappa shape index (κ1) is 17.1. The molecule has 0 unspecified atom stereocenters. The smallest absolute Gasteiger partial charge is 0.324 e. The van der Waals surface area contributed by atoms with Crippen LogP contribution in [0.5, 0.6) is 5.75 Å². The molecule has 0 aliphatic carbocycles. The summed E-state index contributed by atoms with van der Waals surface area (Å²) in [7, 11) is 1.48. The van der Waals surface area contributed by atoms with Gasteiger partial charge in [0, 0.05) is 23.7 Å². The zero-order valence-corrected chi connectivity index (χ0v) is 13.6. The fourth-order valence-electron chi connectivity index (χ4n) is 2.23. The van der Waals surface area contributed by atoms with Gasteiger partial charge in [-0.15, -0.1) is 0 Å². The van der Waals surface area contributed by atoms with Crippen LogP contribution in [0.2, 0.25) is 5.02 Å². The molecule has 1 N–H and O–H groups in total. The van der Waals surface area contributed by atoms with Gasteiger partial charge >= 0.3 is 12.0 Å². The molecular formula is C15H17ClN2O5. The number of esters is 1. The van der Waals surface area contributed by atoms with E-state index in [0.29, 0.717) is 22.9 Å². The van der Waals surface area contributed by atoms with Crippen molar-refractivity contribution in [2.45, 2.75) is 19.4 Å². The third-order valence-electron chi connectivity index (χ3n) is 3.36. The van der Waals surface area contributed by atoms with E-state index in [-0.39, 0.29) is 13.0 Å². The number of hydrogen-bond donors (Lipinski definition) is 1. The first-order valence-corrected chi connectivity index (χ1v) is 7.41. The van der Waals surface area contributed by atoms with Crippen LogP contribution in [0.25, 0.3) is 0 Å². The summed E-state index contributed by atoms with van der Waals surface area (Å²) in [6.45, 7) is 2.09. The fourth-order valence-corrected chi connectivity index (χ4v) is 2.43. The zero-order chi connectivity index (χ0) is 17.0. The molecular weight excluding hydrogens is 324 g/mol. The van der Waals surface area contributed by atoms with Gasteiger partial charge in [0.05, 0.1) is 13.5 Å². The van der Waals surface area contributed by atoms with Crippen molar-refractivity contribution >= 4 is 29.5 Å². The van der Waals surface area contributed by atoms with Gasteiger partial charge in [-0.3, -0.25) is 14.5 Å². The molecule has 124 valence electrons. The Bertz CT molecular complexity index is 634. The number of carbonyl (C=O) groups excluding carboxylic acids is 3. The first-order chi connectivity index (χ1) is 10.9. The molecule has 0 radical (unpaired) electrons. The zero-order valence-electron chi connectivity index (χ0n) is 12.8. The number of halogens is 1. The number of nitrogens with one attached hydrogen (secondary N) is 1. The van der Waals surface area contributed by atoms with Crippen molar-refractivity contribution in [1.82, 2.24) is 10.2 Å². The van der Waals surface area contributed by atoms with E-state index in [1.54, 1.807) is 18.2 Å². The van der Waals surface area contributed by atoms with Gasteiger partial charge in [-0.1, -0.05) is 11.6 Å². The quantitative estimate of drug-likeness (QED) is 0.818. The van der Waals surface area contributed by atoms with Gasteiger partial charge in [0.15, 0.2) is 6.10 Å². The maximum atomic E-state index is 12.1. The van der Waals surface area contributed by atoms with Gasteiger partial charge < -0.3 is 14.8 Å². The van der Waals surface area contributed by atoms with Crippen LogP contribution in [-0.2, 0) is 20.7 Å². The Balaban J connectivity index is 1.98. The maximum Gasteiger partial charge on any atom is 0.324 e. The molecule has 1 aromatic carbocycles. The summed E-state index contributed by atoms with van der Waals surface area (Å²) < 4.78 is 10.3. The predicted molar refractivity (Wildman–Crippen MR) is 82.4 cm³/mol. The van der Waals surface area contributed by atoms with E-state index in [1.165, 1.54) is 14.0 Å². The number of carbonyl (C=O) groups is 3. The highest BCUT2D eigenvalue weighted by molar-refractivity contribution is 6.30. The Morgan fingerprint density at radius 1 is 1.43 bits per heavy atom. The Kier molecular flexibility index (Phi) is 5.44. The van der Waals surface area contributed by atoms with Crippen LogP contribution in [0.1, 0.15) is 12.5 Å². The Morgan fingerprint density at radius 2 is 2.17 bits per heavy atom. The minimum atomic E-state index is -1.04. The van der Waals surface area contributed by atoms with Crippen LogP contribution in [-0.4, -0.2) is 49.1 Å². The lowest BCUT2D eigenvalue weighted by atomic mass is 10.1. The van der Waals surface area contributed by atoms with Crippen LogP contribution < -0.4 is 10.1 Å². The lowest BCUT2D eigenvalue weighted by molar-refractivity contribution is -0.156. The number of hydrogen-bond acceptors (Lipinski definition) is 5. The Labute approximate surface area is 138 Å². The number of amides is 3. The van der Waals surface area contributed by atoms with Gasteiger partial charge in [-0.05, 0) is 25.1 Å². The molecule has 0 aromatic heterocycles. The molecule has 8 heteroatoms. The Morgan fingerprint density at radius 3 is 2.78 bits per heavy atom. The van der Waals surface area contributed by atoms with Gasteiger partial charge in [0.2, 0.25) is 0 Å². The normalized spacial score (nSPS) is 15.1. The number of urea groups is 1. The van der Waals surface area contributed by atoms with Gasteiger partial charge in [0.25, 0.3) is 5.91 Å². The molecule has 0 spiro atoms. The molecule has 0 bridgehead atoms. The highest BCUT2D eigenvalue weighted by atomic mass is 35.5. The van der Waals surface area contributed by atoms with Crippen molar-refractivity contribution in [3.63, 3.8) is 0 Å². The third kappa shape index (κ3) is 4.13. The second-order valence-electron chi connectivity index (χ2n) is 4.99. The number of nitrogens with zero attached hydrogens (tertiary/aromatic N) is 1. The van der Waals surface area contributed by atoms with Crippen LogP contribution in [0.3, 0.4) is 0 Å². The van der Waals surface area contributed by atoms with E-state index >= 15 is 0 Å². The molecule has 1 atom stereocenters. The van der Waals surface area contributed by atoms with E-state index in [1.807, 2.05) is 0 Å². The summed E-state index contributed by atoms with van der Waals surface area (Å²) in [5.41, 5.74) is 0.559. The lowest BCUT2D eigenvalue weighted by Crippen LogP contribution is -2.42. The summed E-state index contributed by atoms with van der Waals surface area (Å²) in [4.78, 5) is 36.5. The standard InChI is InChI=1S/C15H17ClN2O5/c1-9(14(20)18-6-5-17-15(18)21)23-13(19)8-10-7-11(16)3-4-12(10)22-2/h3-4,7,9H,5-6,8H2,1-2H3,(H,17,21)/t9-/m0/s1. The van der Waals surface area contributed by atoms with E-state index in [2.05, 4.69) is 5.32 Å². The molecule has 1 saturated heterocycles. The minimum absolute atomic E-state index is 0.0897. The van der Waals surface area contributed by atoms with Crippen LogP contribution >= 0.6 is 11.6 Å². The van der Waals surface area contributed by atoms with Gasteiger partial charge in [-0.2, -0.15) is 0 Å². The highest BCUT2D eigenvalue weighted by Crippen LogP contribution is 2.23. The summed E-state index contributed by atoms with van der Waals surface area (Å²) in [5.74, 6) is -0.651. The maximum absolute atomic E-state index is 12.1. The predicted octanol–water partition coefficient (Wildman–Crippen LogP) is 1.37. The summed E-state index contributed by atoms with van der Waals surface area (Å²) >= 11 is 5.90. The molecule has 7 nitrogen and oxygen atoms in total. The van der Waals surface area contributed by atoms with Crippen molar-refractivity contribution in [1.29, 1.82) is 0 Å². The molecule has 3 amide bonds. The van der Waals surface area contributed by atoms with Crippen molar-refractivity contribution in [2.75, 3.05) is 20.2 Å². The molecule has 23 heavy (non-hydrogen) atoms. The van der Waals surface area contributed by atoms with Gasteiger partial charge in [-0.25, -0.2) is 4.79 Å². The summed E-state index contributed by atoms with van der Waals surface area (Å²) in [5, 5.41) is 2.98. The monoisotopic (exact) mass is 340 g/mol. The molecule has 1 aromatic rings. The summed E-state index contributed by atoms with van der Waals surface area (Å²) in [6.07, 6.45) is -1.13. The molecule has 1 fully saturated rings. The minimum Gasteiger partial charge on any atom is -0.496 e. The molecule has 1 aliphatic rings. The number of imide groups is 1. The number of ether oxygens (including phenoxy) is 2. The van der Waals surface area contributed by atoms with Gasteiger partial charge in [0.1, 0.15) is 5.75 Å². The molecule has 0 saturated carbocycles. The van der Waals surface area contributed by atoms with E-state index in [4.69, 9.17) is 21.1 Å². The second-order valence-corrected chi connectivity index (χ2v) is 5.42. The van der Waals surface area contributed by atoms with E-state index in [0.717, 1.165) is 4.90 Å². The Hall–Kier alpha value is -2.28.